The van der Waals surface area contributed by atoms with Gasteiger partial charge in [-0.3, -0.25) is 4.79 Å². The van der Waals surface area contributed by atoms with Gasteiger partial charge in [0, 0.05) is 42.3 Å². The second-order valence-corrected chi connectivity index (χ2v) is 8.63. The molecule has 5 rings (SSSR count). The Kier molecular flexibility index (Phi) is 5.88. The summed E-state index contributed by atoms with van der Waals surface area (Å²) in [6.07, 6.45) is 2.82. The van der Waals surface area contributed by atoms with Crippen LogP contribution in [0, 0.1) is 11.6 Å². The molecule has 3 amide bonds. The summed E-state index contributed by atoms with van der Waals surface area (Å²) in [6, 6.07) is 16.2. The molecule has 0 saturated heterocycles. The predicted molar refractivity (Wildman–Crippen MR) is 127 cm³/mol. The third-order valence-corrected chi connectivity index (χ3v) is 6.06. The van der Waals surface area contributed by atoms with Gasteiger partial charge in [-0.2, -0.15) is 0 Å². The van der Waals surface area contributed by atoms with E-state index in [1.807, 2.05) is 18.2 Å². The Morgan fingerprint density at radius 1 is 0.853 bits per heavy atom. The molecule has 0 aromatic heterocycles. The van der Waals surface area contributed by atoms with Crippen LogP contribution in [0.3, 0.4) is 0 Å². The molecule has 2 aliphatic rings. The highest BCUT2D eigenvalue weighted by molar-refractivity contribution is 6.04. The number of rotatable bonds is 5. The van der Waals surface area contributed by atoms with E-state index in [0.717, 1.165) is 43.6 Å². The monoisotopic (exact) mass is 462 g/mol. The summed E-state index contributed by atoms with van der Waals surface area (Å²) < 4.78 is 26.6. The number of benzene rings is 3. The third-order valence-electron chi connectivity index (χ3n) is 6.06. The second-order valence-electron chi connectivity index (χ2n) is 8.63. The molecule has 1 heterocycles. The zero-order valence-electron chi connectivity index (χ0n) is 18.4. The molecule has 0 unspecified atom stereocenters. The first kappa shape index (κ1) is 21.9. The fraction of sp³-hybridized carbons (Fsp3) is 0.231. The fourth-order valence-corrected chi connectivity index (χ4v) is 4.13. The van der Waals surface area contributed by atoms with Gasteiger partial charge in [0.15, 0.2) is 11.6 Å². The summed E-state index contributed by atoms with van der Waals surface area (Å²) in [6.45, 7) is 1.48. The van der Waals surface area contributed by atoms with Crippen molar-refractivity contribution in [2.75, 3.05) is 22.1 Å². The average molecular weight is 463 g/mol. The maximum atomic E-state index is 13.4. The smallest absolute Gasteiger partial charge is 0.323 e. The van der Waals surface area contributed by atoms with E-state index in [0.29, 0.717) is 17.8 Å². The topological polar surface area (TPSA) is 73.5 Å². The van der Waals surface area contributed by atoms with Crippen molar-refractivity contribution < 1.29 is 18.4 Å². The Balaban J connectivity index is 1.37. The van der Waals surface area contributed by atoms with Crippen molar-refractivity contribution >= 4 is 29.0 Å². The Morgan fingerprint density at radius 2 is 1.56 bits per heavy atom. The average Bonchev–Trinajstić information content (AvgIpc) is 3.65. The van der Waals surface area contributed by atoms with Crippen LogP contribution in [0.2, 0.25) is 0 Å². The molecule has 3 aromatic carbocycles. The van der Waals surface area contributed by atoms with Gasteiger partial charge in [-0.15, -0.1) is 0 Å². The van der Waals surface area contributed by atoms with Gasteiger partial charge in [0.25, 0.3) is 5.91 Å². The van der Waals surface area contributed by atoms with Gasteiger partial charge in [0.05, 0.1) is 5.56 Å². The zero-order chi connectivity index (χ0) is 23.7. The standard InChI is InChI=1S/C26H24F2N4O2/c27-22-9-7-20(14-23(22)28)31-26(34)30-19-8-10-24(21(13-19)25(33)29-18-5-6-18)32-12-11-16-3-1-2-4-17(16)15-32/h1-4,7-10,13-14,18H,5-6,11-12,15H2,(H,29,33)(H2,30,31,34). The molecule has 1 saturated carbocycles. The molecule has 6 nitrogen and oxygen atoms in total. The van der Waals surface area contributed by atoms with Crippen LogP contribution >= 0.6 is 0 Å². The number of fused-ring (bicyclic) bond motifs is 1. The minimum Gasteiger partial charge on any atom is -0.366 e. The van der Waals surface area contributed by atoms with E-state index in [2.05, 4.69) is 33.0 Å². The van der Waals surface area contributed by atoms with Crippen LogP contribution in [0.15, 0.2) is 60.7 Å². The SMILES string of the molecule is O=C(Nc1ccc(F)c(F)c1)Nc1ccc(N2CCc3ccccc3C2)c(C(=O)NC2CC2)c1. The number of nitrogens with one attached hydrogen (secondary N) is 3. The van der Waals surface area contributed by atoms with Crippen molar-refractivity contribution in [2.24, 2.45) is 0 Å². The number of hydrogen-bond donors (Lipinski definition) is 3. The van der Waals surface area contributed by atoms with E-state index < -0.39 is 17.7 Å². The van der Waals surface area contributed by atoms with Crippen molar-refractivity contribution in [3.05, 3.63) is 89.0 Å². The molecule has 8 heteroatoms. The highest BCUT2D eigenvalue weighted by Crippen LogP contribution is 2.30. The van der Waals surface area contributed by atoms with Crippen molar-refractivity contribution in [3.63, 3.8) is 0 Å². The lowest BCUT2D eigenvalue weighted by Gasteiger charge is -2.32. The molecule has 1 fully saturated rings. The highest BCUT2D eigenvalue weighted by atomic mass is 19.2. The normalized spacial score (nSPS) is 14.8. The molecular formula is C26H24F2N4O2. The minimum atomic E-state index is -1.05. The number of amides is 3. The molecule has 3 aromatic rings. The molecule has 3 N–H and O–H groups in total. The molecule has 174 valence electrons. The number of halogens is 2. The van der Waals surface area contributed by atoms with E-state index in [1.54, 1.807) is 12.1 Å². The Hall–Kier alpha value is -3.94. The molecule has 1 aliphatic carbocycles. The first-order chi connectivity index (χ1) is 16.5. The van der Waals surface area contributed by atoms with Gasteiger partial charge < -0.3 is 20.9 Å². The van der Waals surface area contributed by atoms with Gasteiger partial charge in [-0.05, 0) is 60.7 Å². The van der Waals surface area contributed by atoms with E-state index in [4.69, 9.17) is 0 Å². The van der Waals surface area contributed by atoms with E-state index in [-0.39, 0.29) is 17.6 Å². The summed E-state index contributed by atoms with van der Waals surface area (Å²) in [4.78, 5) is 27.7. The molecule has 0 radical (unpaired) electrons. The summed E-state index contributed by atoms with van der Waals surface area (Å²) in [5.41, 5.74) is 4.37. The van der Waals surface area contributed by atoms with Crippen LogP contribution in [0.1, 0.15) is 34.3 Å². The fourth-order valence-electron chi connectivity index (χ4n) is 4.13. The van der Waals surface area contributed by atoms with Crippen LogP contribution in [-0.4, -0.2) is 24.5 Å². The molecular weight excluding hydrogens is 438 g/mol. The lowest BCUT2D eigenvalue weighted by molar-refractivity contribution is 0.0951. The molecule has 34 heavy (non-hydrogen) atoms. The van der Waals surface area contributed by atoms with Gasteiger partial charge >= 0.3 is 6.03 Å². The maximum absolute atomic E-state index is 13.4. The van der Waals surface area contributed by atoms with Crippen LogP contribution in [0.25, 0.3) is 0 Å². The van der Waals surface area contributed by atoms with Crippen LogP contribution < -0.4 is 20.9 Å². The zero-order valence-corrected chi connectivity index (χ0v) is 18.4. The van der Waals surface area contributed by atoms with Gasteiger partial charge in [0.1, 0.15) is 0 Å². The summed E-state index contributed by atoms with van der Waals surface area (Å²) >= 11 is 0. The van der Waals surface area contributed by atoms with Crippen molar-refractivity contribution in [1.82, 2.24) is 5.32 Å². The lowest BCUT2D eigenvalue weighted by atomic mass is 9.98. The highest BCUT2D eigenvalue weighted by Gasteiger charge is 2.27. The van der Waals surface area contributed by atoms with Crippen molar-refractivity contribution in [2.45, 2.75) is 31.8 Å². The second kappa shape index (κ2) is 9.13. The number of carbonyl (C=O) groups excluding carboxylic acids is 2. The van der Waals surface area contributed by atoms with E-state index >= 15 is 0 Å². The van der Waals surface area contributed by atoms with Crippen LogP contribution in [0.4, 0.5) is 30.6 Å². The first-order valence-electron chi connectivity index (χ1n) is 11.3. The largest absolute Gasteiger partial charge is 0.366 e. The molecule has 1 aliphatic heterocycles. The maximum Gasteiger partial charge on any atom is 0.323 e. The van der Waals surface area contributed by atoms with Crippen molar-refractivity contribution in [1.29, 1.82) is 0 Å². The van der Waals surface area contributed by atoms with E-state index in [9.17, 15) is 18.4 Å². The Labute approximate surface area is 196 Å². The Bertz CT molecular complexity index is 1260. The number of carbonyl (C=O) groups is 2. The van der Waals surface area contributed by atoms with Crippen molar-refractivity contribution in [3.8, 4) is 0 Å². The summed E-state index contributed by atoms with van der Waals surface area (Å²) in [5.74, 6) is -2.22. The molecule has 0 atom stereocenters. The minimum absolute atomic E-state index is 0.117. The number of nitrogens with zero attached hydrogens (tertiary/aromatic N) is 1. The molecule has 0 bridgehead atoms. The van der Waals surface area contributed by atoms with Crippen LogP contribution in [0.5, 0.6) is 0 Å². The number of anilines is 3. The number of hydrogen-bond acceptors (Lipinski definition) is 3. The Morgan fingerprint density at radius 3 is 2.29 bits per heavy atom. The van der Waals surface area contributed by atoms with Gasteiger partial charge in [-0.25, -0.2) is 13.6 Å². The first-order valence-corrected chi connectivity index (χ1v) is 11.3. The molecule has 0 spiro atoms. The summed E-state index contributed by atoms with van der Waals surface area (Å²) in [5, 5.41) is 8.17. The quantitative estimate of drug-likeness (QED) is 0.496. The lowest BCUT2D eigenvalue weighted by Crippen LogP contribution is -2.33. The van der Waals surface area contributed by atoms with E-state index in [1.165, 1.54) is 17.2 Å². The predicted octanol–water partition coefficient (Wildman–Crippen LogP) is 5.06. The number of urea groups is 1. The van der Waals surface area contributed by atoms with Crippen LogP contribution in [-0.2, 0) is 13.0 Å². The third kappa shape index (κ3) is 4.85. The summed E-state index contributed by atoms with van der Waals surface area (Å²) in [7, 11) is 0. The van der Waals surface area contributed by atoms with Gasteiger partial charge in [0.2, 0.25) is 0 Å². The van der Waals surface area contributed by atoms with Gasteiger partial charge in [-0.1, -0.05) is 24.3 Å².